The number of halogens is 2. The van der Waals surface area contributed by atoms with E-state index in [4.69, 9.17) is 0 Å². The highest BCUT2D eigenvalue weighted by atomic mass is 79.9. The zero-order valence-electron chi connectivity index (χ0n) is 16.9. The maximum atomic E-state index is 3.74. The van der Waals surface area contributed by atoms with Gasteiger partial charge in [0.25, 0.3) is 0 Å². The van der Waals surface area contributed by atoms with Crippen molar-refractivity contribution in [3.8, 4) is 0 Å². The third-order valence-electron chi connectivity index (χ3n) is 6.19. The minimum atomic E-state index is 0. The van der Waals surface area contributed by atoms with Crippen molar-refractivity contribution in [1.29, 1.82) is 0 Å². The summed E-state index contributed by atoms with van der Waals surface area (Å²) in [7, 11) is 0. The molecule has 2 N–H and O–H groups in total. The van der Waals surface area contributed by atoms with E-state index >= 15 is 0 Å². The van der Waals surface area contributed by atoms with Crippen LogP contribution < -0.4 is 10.6 Å². The Hall–Kier alpha value is -1.65. The molecule has 5 rings (SSSR count). The number of hydrogen-bond donors (Lipinski definition) is 2. The molecule has 2 saturated carbocycles. The molecule has 0 saturated heterocycles. The van der Waals surface area contributed by atoms with Gasteiger partial charge >= 0.3 is 0 Å². The minimum Gasteiger partial charge on any atom is -0.309 e. The molecule has 0 spiro atoms. The van der Waals surface area contributed by atoms with Crippen LogP contribution >= 0.6 is 28.3 Å². The van der Waals surface area contributed by atoms with Crippen molar-refractivity contribution < 1.29 is 0 Å². The Balaban J connectivity index is 0.00000218. The Bertz CT molecular complexity index is 888. The molecule has 0 aromatic heterocycles. The van der Waals surface area contributed by atoms with Gasteiger partial charge in [-0.3, -0.25) is 0 Å². The second-order valence-corrected chi connectivity index (χ2v) is 9.36. The molecule has 4 atom stereocenters. The smallest absolute Gasteiger partial charge is 0.0208 e. The molecule has 156 valence electrons. The van der Waals surface area contributed by atoms with E-state index < -0.39 is 0 Å². The molecule has 2 fully saturated rings. The molecule has 4 unspecified atom stereocenters. The van der Waals surface area contributed by atoms with Crippen molar-refractivity contribution in [2.45, 2.75) is 49.9 Å². The molecule has 2 aliphatic rings. The first kappa shape index (κ1) is 21.6. The fourth-order valence-corrected chi connectivity index (χ4v) is 4.99. The highest BCUT2D eigenvalue weighted by Crippen LogP contribution is 2.41. The third-order valence-corrected chi connectivity index (χ3v) is 6.65. The van der Waals surface area contributed by atoms with E-state index in [0.717, 1.165) is 13.1 Å². The van der Waals surface area contributed by atoms with Crippen LogP contribution in [0.4, 0.5) is 0 Å². The van der Waals surface area contributed by atoms with Crippen LogP contribution in [0.2, 0.25) is 0 Å². The summed E-state index contributed by atoms with van der Waals surface area (Å²) in [5.74, 6) is 1.35. The summed E-state index contributed by atoms with van der Waals surface area (Å²) in [6, 6.07) is 29.8. The maximum absolute atomic E-state index is 3.74. The number of rotatable bonds is 8. The van der Waals surface area contributed by atoms with Gasteiger partial charge in [0.05, 0.1) is 0 Å². The Morgan fingerprint density at radius 2 is 1.10 bits per heavy atom. The molecule has 3 aromatic carbocycles. The van der Waals surface area contributed by atoms with E-state index in [1.165, 1.54) is 39.6 Å². The molecule has 2 aliphatic carbocycles. The summed E-state index contributed by atoms with van der Waals surface area (Å²) in [6.07, 6.45) is 2.49. The van der Waals surface area contributed by atoms with Crippen LogP contribution in [0.25, 0.3) is 0 Å². The van der Waals surface area contributed by atoms with Gasteiger partial charge in [0.15, 0.2) is 0 Å². The van der Waals surface area contributed by atoms with Gasteiger partial charge in [-0.15, -0.1) is 12.4 Å². The summed E-state index contributed by atoms with van der Waals surface area (Å²) in [4.78, 5) is 0. The summed E-state index contributed by atoms with van der Waals surface area (Å²) >= 11 is 3.70. The van der Waals surface area contributed by atoms with Crippen molar-refractivity contribution in [3.63, 3.8) is 0 Å². The molecular formula is C26H28BrClN2. The van der Waals surface area contributed by atoms with E-state index in [1.807, 2.05) is 0 Å². The normalized spacial score (nSPS) is 24.2. The lowest BCUT2D eigenvalue weighted by molar-refractivity contribution is 0.661. The molecule has 0 radical (unpaired) electrons. The fourth-order valence-electron chi connectivity index (χ4n) is 4.40. The topological polar surface area (TPSA) is 24.1 Å². The van der Waals surface area contributed by atoms with Crippen LogP contribution in [0.5, 0.6) is 0 Å². The van der Waals surface area contributed by atoms with E-state index in [-0.39, 0.29) is 12.4 Å². The highest BCUT2D eigenvalue weighted by molar-refractivity contribution is 9.10. The van der Waals surface area contributed by atoms with Gasteiger partial charge in [-0.25, -0.2) is 0 Å². The SMILES string of the molecule is Brc1cc(CNC2CC2c2ccccc2)cc(CNC2CC2c2ccccc2)c1.Cl. The van der Waals surface area contributed by atoms with E-state index in [9.17, 15) is 0 Å². The number of nitrogens with one attached hydrogen (secondary N) is 2. The van der Waals surface area contributed by atoms with Gasteiger partial charge in [0, 0.05) is 41.5 Å². The quantitative estimate of drug-likeness (QED) is 0.401. The van der Waals surface area contributed by atoms with Crippen LogP contribution in [-0.4, -0.2) is 12.1 Å². The first-order chi connectivity index (χ1) is 14.3. The predicted octanol–water partition coefficient (Wildman–Crippen LogP) is 6.16. The second kappa shape index (κ2) is 9.65. The molecule has 3 aromatic rings. The van der Waals surface area contributed by atoms with Crippen molar-refractivity contribution in [3.05, 3.63) is 106 Å². The lowest BCUT2D eigenvalue weighted by Gasteiger charge is -2.10. The van der Waals surface area contributed by atoms with Gasteiger partial charge in [0.2, 0.25) is 0 Å². The molecule has 30 heavy (non-hydrogen) atoms. The first-order valence-corrected chi connectivity index (χ1v) is 11.4. The van der Waals surface area contributed by atoms with Crippen molar-refractivity contribution in [1.82, 2.24) is 10.6 Å². The van der Waals surface area contributed by atoms with Gasteiger partial charge in [-0.1, -0.05) is 82.7 Å². The third kappa shape index (κ3) is 5.33. The summed E-state index contributed by atoms with van der Waals surface area (Å²) in [6.45, 7) is 1.85. The molecule has 2 nitrogen and oxygen atoms in total. The van der Waals surface area contributed by atoms with Gasteiger partial charge in [0.1, 0.15) is 0 Å². The summed E-state index contributed by atoms with van der Waals surface area (Å²) in [5, 5.41) is 7.48. The highest BCUT2D eigenvalue weighted by Gasteiger charge is 2.38. The summed E-state index contributed by atoms with van der Waals surface area (Å²) in [5.41, 5.74) is 5.62. The van der Waals surface area contributed by atoms with E-state index in [2.05, 4.69) is 105 Å². The Morgan fingerprint density at radius 1 is 0.667 bits per heavy atom. The first-order valence-electron chi connectivity index (χ1n) is 10.6. The summed E-state index contributed by atoms with van der Waals surface area (Å²) < 4.78 is 1.17. The Kier molecular flexibility index (Phi) is 6.94. The fraction of sp³-hybridized carbons (Fsp3) is 0.308. The van der Waals surface area contributed by atoms with Crippen LogP contribution in [-0.2, 0) is 13.1 Å². The van der Waals surface area contributed by atoms with E-state index in [1.54, 1.807) is 0 Å². The molecule has 4 heteroatoms. The molecule has 0 aliphatic heterocycles. The van der Waals surface area contributed by atoms with Crippen LogP contribution in [0.3, 0.4) is 0 Å². The largest absolute Gasteiger partial charge is 0.309 e. The molecular weight excluding hydrogens is 456 g/mol. The lowest BCUT2D eigenvalue weighted by Crippen LogP contribution is -2.19. The van der Waals surface area contributed by atoms with Crippen molar-refractivity contribution in [2.24, 2.45) is 0 Å². The van der Waals surface area contributed by atoms with Crippen LogP contribution in [0.1, 0.15) is 46.9 Å². The molecule has 0 bridgehead atoms. The van der Waals surface area contributed by atoms with E-state index in [0.29, 0.717) is 23.9 Å². The molecule has 0 heterocycles. The average molecular weight is 484 g/mol. The zero-order chi connectivity index (χ0) is 19.6. The minimum absolute atomic E-state index is 0. The van der Waals surface area contributed by atoms with Crippen LogP contribution in [0.15, 0.2) is 83.3 Å². The number of benzene rings is 3. The van der Waals surface area contributed by atoms with Crippen LogP contribution in [0, 0.1) is 0 Å². The Morgan fingerprint density at radius 3 is 1.53 bits per heavy atom. The van der Waals surface area contributed by atoms with Gasteiger partial charge in [-0.05, 0) is 47.2 Å². The van der Waals surface area contributed by atoms with Gasteiger partial charge in [-0.2, -0.15) is 0 Å². The lowest BCUT2D eigenvalue weighted by atomic mass is 10.1. The maximum Gasteiger partial charge on any atom is 0.0208 e. The van der Waals surface area contributed by atoms with Crippen molar-refractivity contribution >= 4 is 28.3 Å². The second-order valence-electron chi connectivity index (χ2n) is 8.45. The number of hydrogen-bond acceptors (Lipinski definition) is 2. The standard InChI is InChI=1S/C26H27BrN2.ClH/c27-22-12-18(16-28-25-14-23(25)20-7-3-1-4-8-20)11-19(13-22)17-29-26-15-24(26)21-9-5-2-6-10-21;/h1-13,23-26,28-29H,14-17H2;1H. The van der Waals surface area contributed by atoms with Gasteiger partial charge < -0.3 is 10.6 Å². The average Bonchev–Trinajstić information content (AvgIpc) is 3.67. The van der Waals surface area contributed by atoms with Crippen molar-refractivity contribution in [2.75, 3.05) is 0 Å². The monoisotopic (exact) mass is 482 g/mol. The predicted molar refractivity (Wildman–Crippen MR) is 130 cm³/mol. The molecule has 0 amide bonds. The Labute approximate surface area is 194 Å². The zero-order valence-corrected chi connectivity index (χ0v) is 19.3.